The molecule has 0 radical (unpaired) electrons. The molecular weight excluding hydrogens is 567 g/mol. The molecule has 0 saturated carbocycles. The van der Waals surface area contributed by atoms with Crippen molar-refractivity contribution in [2.24, 2.45) is 0 Å². The lowest BCUT2D eigenvalue weighted by Crippen LogP contribution is -2.06. The summed E-state index contributed by atoms with van der Waals surface area (Å²) in [5.74, 6) is -0.0879. The number of phosphoric ester groups is 1. The van der Waals surface area contributed by atoms with Crippen LogP contribution in [-0.4, -0.2) is 26.7 Å². The second-order valence-corrected chi connectivity index (χ2v) is 11.9. The van der Waals surface area contributed by atoms with E-state index in [1.807, 2.05) is 26.0 Å². The summed E-state index contributed by atoms with van der Waals surface area (Å²) in [6.45, 7) is 7.13. The van der Waals surface area contributed by atoms with Crippen molar-refractivity contribution in [2.45, 2.75) is 53.4 Å². The highest BCUT2D eigenvalue weighted by atomic mass is 31.2. The van der Waals surface area contributed by atoms with Crippen molar-refractivity contribution in [3.05, 3.63) is 117 Å². The first-order chi connectivity index (χ1) is 20.3. The first kappa shape index (κ1) is 31.5. The third-order valence-corrected chi connectivity index (χ3v) is 8.20. The van der Waals surface area contributed by atoms with Gasteiger partial charge in [-0.2, -0.15) is 0 Å². The number of hydrogen-bond donors (Lipinski definition) is 3. The van der Waals surface area contributed by atoms with Gasteiger partial charge < -0.3 is 19.3 Å². The van der Waals surface area contributed by atoms with Gasteiger partial charge in [-0.3, -0.25) is 14.5 Å². The number of Topliss-reactive ketones (excluding diaryl/α,β-unsaturated/α-hetero) is 2. The van der Waals surface area contributed by atoms with E-state index in [9.17, 15) is 29.3 Å². The van der Waals surface area contributed by atoms with Gasteiger partial charge in [0.2, 0.25) is 0 Å². The van der Waals surface area contributed by atoms with Crippen LogP contribution in [0.25, 0.3) is 0 Å². The summed E-state index contributed by atoms with van der Waals surface area (Å²) in [5, 5.41) is 19.9. The number of hydrogen-bond acceptors (Lipinski definition) is 7. The first-order valence-electron chi connectivity index (χ1n) is 13.9. The Bertz CT molecular complexity index is 1600. The zero-order valence-electron chi connectivity index (χ0n) is 24.6. The molecule has 0 atom stereocenters. The number of carbonyl (C=O) groups excluding carboxylic acids is 2. The van der Waals surface area contributed by atoms with E-state index >= 15 is 0 Å². The molecule has 224 valence electrons. The van der Waals surface area contributed by atoms with Gasteiger partial charge in [-0.1, -0.05) is 36.4 Å². The van der Waals surface area contributed by atoms with E-state index < -0.39 is 7.82 Å². The number of benzene rings is 4. The molecule has 0 saturated heterocycles. The fraction of sp³-hybridized carbons (Fsp3) is 0.235. The SMILES string of the molecule is Cc1cc(OP(=O)(O)Oc2cc(C)c(CCC(=O)c3ccccc3O)cc2C)c(C)cc1CCC(=O)c1ccccc1O. The molecule has 0 aliphatic rings. The van der Waals surface area contributed by atoms with Gasteiger partial charge in [-0.15, -0.1) is 0 Å². The van der Waals surface area contributed by atoms with Gasteiger partial charge in [0.15, 0.2) is 11.6 Å². The molecule has 0 aliphatic carbocycles. The fourth-order valence-corrected chi connectivity index (χ4v) is 5.81. The quantitative estimate of drug-likeness (QED) is 0.112. The maximum Gasteiger partial charge on any atom is 0.584 e. The summed E-state index contributed by atoms with van der Waals surface area (Å²) < 4.78 is 24.0. The molecule has 8 nitrogen and oxygen atoms in total. The van der Waals surface area contributed by atoms with Gasteiger partial charge >= 0.3 is 7.82 Å². The highest BCUT2D eigenvalue weighted by Crippen LogP contribution is 2.47. The van der Waals surface area contributed by atoms with Crippen LogP contribution in [0.2, 0.25) is 0 Å². The molecule has 0 aliphatic heterocycles. The average Bonchev–Trinajstić information content (AvgIpc) is 2.95. The number of phenolic OH excluding ortho intramolecular Hbond substituents is 2. The van der Waals surface area contributed by atoms with Gasteiger partial charge in [-0.25, -0.2) is 4.57 Å². The minimum absolute atomic E-state index is 0.0535. The molecular formula is C34H35O8P. The number of aryl methyl sites for hydroxylation is 6. The Labute approximate surface area is 251 Å². The molecule has 0 heterocycles. The number of para-hydroxylation sites is 2. The Balaban J connectivity index is 1.41. The average molecular weight is 603 g/mol. The summed E-state index contributed by atoms with van der Waals surface area (Å²) >= 11 is 0. The number of phenols is 2. The Morgan fingerprint density at radius 3 is 1.37 bits per heavy atom. The van der Waals surface area contributed by atoms with E-state index in [4.69, 9.17) is 9.05 Å². The molecule has 4 aromatic rings. The summed E-state index contributed by atoms with van der Waals surface area (Å²) in [6, 6.07) is 19.7. The van der Waals surface area contributed by atoms with Crippen LogP contribution >= 0.6 is 7.82 Å². The van der Waals surface area contributed by atoms with Crippen molar-refractivity contribution < 1.29 is 38.3 Å². The van der Waals surface area contributed by atoms with Gasteiger partial charge in [0, 0.05) is 12.8 Å². The van der Waals surface area contributed by atoms with Gasteiger partial charge in [0.1, 0.15) is 23.0 Å². The molecule has 43 heavy (non-hydrogen) atoms. The van der Waals surface area contributed by atoms with Crippen molar-refractivity contribution in [2.75, 3.05) is 0 Å². The lowest BCUT2D eigenvalue weighted by molar-refractivity contribution is 0.0972. The monoisotopic (exact) mass is 602 g/mol. The van der Waals surface area contributed by atoms with E-state index in [0.717, 1.165) is 22.3 Å². The number of aromatic hydroxyl groups is 2. The zero-order valence-corrected chi connectivity index (χ0v) is 25.5. The molecule has 0 amide bonds. The molecule has 0 unspecified atom stereocenters. The van der Waals surface area contributed by atoms with Gasteiger partial charge in [0.05, 0.1) is 11.1 Å². The van der Waals surface area contributed by atoms with Crippen molar-refractivity contribution in [3.8, 4) is 23.0 Å². The molecule has 4 rings (SSSR count). The third kappa shape index (κ3) is 7.92. The van der Waals surface area contributed by atoms with E-state index in [-0.39, 0.29) is 58.5 Å². The van der Waals surface area contributed by atoms with Crippen LogP contribution in [0.1, 0.15) is 66.9 Å². The lowest BCUT2D eigenvalue weighted by Gasteiger charge is -2.19. The number of phosphoric acid groups is 1. The second kappa shape index (κ2) is 13.3. The standard InChI is InChI=1S/C34H35O8P/c1-21-19-33(23(3)17-25(21)13-15-31(37)27-9-5-7-11-29(27)35)41-43(39,40)42-34-20-22(2)26(18-24(34)4)14-16-32(38)28-10-6-8-12-30(28)36/h5-12,17-20,35-36H,13-16H2,1-4H3,(H,39,40). The van der Waals surface area contributed by atoms with Gasteiger partial charge in [0.25, 0.3) is 0 Å². The van der Waals surface area contributed by atoms with Gasteiger partial charge in [-0.05, 0) is 110 Å². The van der Waals surface area contributed by atoms with Crippen LogP contribution in [0, 0.1) is 27.7 Å². The predicted molar refractivity (Wildman–Crippen MR) is 164 cm³/mol. The minimum atomic E-state index is -4.58. The number of rotatable bonds is 12. The Hall–Kier alpha value is -4.39. The fourth-order valence-electron chi connectivity index (χ4n) is 4.89. The molecule has 3 N–H and O–H groups in total. The van der Waals surface area contributed by atoms with Crippen molar-refractivity contribution in [3.63, 3.8) is 0 Å². The molecule has 0 spiro atoms. The van der Waals surface area contributed by atoms with Crippen molar-refractivity contribution in [1.82, 2.24) is 0 Å². The van der Waals surface area contributed by atoms with Crippen LogP contribution in [0.15, 0.2) is 72.8 Å². The van der Waals surface area contributed by atoms with Crippen molar-refractivity contribution in [1.29, 1.82) is 0 Å². The molecule has 0 bridgehead atoms. The van der Waals surface area contributed by atoms with Crippen LogP contribution < -0.4 is 9.05 Å². The van der Waals surface area contributed by atoms with Crippen LogP contribution in [0.4, 0.5) is 0 Å². The van der Waals surface area contributed by atoms with E-state index in [2.05, 4.69) is 0 Å². The van der Waals surface area contributed by atoms with E-state index in [1.165, 1.54) is 12.1 Å². The molecule has 0 aromatic heterocycles. The number of ketones is 2. The Kier molecular flexibility index (Phi) is 9.74. The summed E-state index contributed by atoms with van der Waals surface area (Å²) in [5.41, 5.74) is 5.07. The van der Waals surface area contributed by atoms with Crippen LogP contribution in [0.3, 0.4) is 0 Å². The second-order valence-electron chi connectivity index (χ2n) is 10.6. The lowest BCUT2D eigenvalue weighted by atomic mass is 9.97. The summed E-state index contributed by atoms with van der Waals surface area (Å²) in [4.78, 5) is 35.8. The van der Waals surface area contributed by atoms with Crippen LogP contribution in [0.5, 0.6) is 23.0 Å². The zero-order chi connectivity index (χ0) is 31.3. The molecule has 9 heteroatoms. The van der Waals surface area contributed by atoms with Crippen molar-refractivity contribution >= 4 is 19.4 Å². The minimum Gasteiger partial charge on any atom is -0.507 e. The molecule has 0 fully saturated rings. The molecule has 4 aromatic carbocycles. The largest absolute Gasteiger partial charge is 0.584 e. The summed E-state index contributed by atoms with van der Waals surface area (Å²) in [6.07, 6.45) is 1.24. The third-order valence-electron chi connectivity index (χ3n) is 7.35. The van der Waals surface area contributed by atoms with E-state index in [1.54, 1.807) is 62.4 Å². The maximum atomic E-state index is 13.0. The highest BCUT2D eigenvalue weighted by Gasteiger charge is 2.28. The Morgan fingerprint density at radius 2 is 1.00 bits per heavy atom. The topological polar surface area (TPSA) is 130 Å². The maximum absolute atomic E-state index is 13.0. The van der Waals surface area contributed by atoms with Crippen LogP contribution in [-0.2, 0) is 17.4 Å². The predicted octanol–water partition coefficient (Wildman–Crippen LogP) is 7.52. The van der Waals surface area contributed by atoms with E-state index in [0.29, 0.717) is 24.0 Å². The number of carbonyl (C=O) groups is 2. The normalized spacial score (nSPS) is 11.3. The highest BCUT2D eigenvalue weighted by molar-refractivity contribution is 7.48. The smallest absolute Gasteiger partial charge is 0.507 e. The first-order valence-corrected chi connectivity index (χ1v) is 15.4. The Morgan fingerprint density at radius 1 is 0.628 bits per heavy atom. The summed E-state index contributed by atoms with van der Waals surface area (Å²) in [7, 11) is -4.58.